The molecule has 1 aromatic carbocycles. The highest BCUT2D eigenvalue weighted by atomic mass is 19.1. The van der Waals surface area contributed by atoms with Gasteiger partial charge in [0.2, 0.25) is 0 Å². The third kappa shape index (κ3) is 2.12. The number of phenols is 1. The number of phenolic OH excluding ortho intramolecular Hbond substituents is 1. The van der Waals surface area contributed by atoms with Gasteiger partial charge in [-0.3, -0.25) is 0 Å². The first-order valence-electron chi connectivity index (χ1n) is 7.55. The first-order chi connectivity index (χ1) is 9.40. The molecular weight excluding hydrogens is 253 g/mol. The Morgan fingerprint density at radius 3 is 2.80 bits per heavy atom. The van der Waals surface area contributed by atoms with Crippen molar-refractivity contribution in [3.05, 3.63) is 29.6 Å². The summed E-state index contributed by atoms with van der Waals surface area (Å²) >= 11 is 0. The van der Waals surface area contributed by atoms with Crippen LogP contribution in [0.15, 0.2) is 18.2 Å². The normalized spacial score (nSPS) is 36.5. The summed E-state index contributed by atoms with van der Waals surface area (Å²) in [6.07, 6.45) is 4.79. The Morgan fingerprint density at radius 2 is 2.10 bits per heavy atom. The van der Waals surface area contributed by atoms with Crippen molar-refractivity contribution >= 4 is 0 Å². The standard InChI is InChI=1S/C17H24FNO/c1-17-7-6-11(10-17)8-14(16(17)19(2)3)13-9-12(20)4-5-15(13)18/h4-5,9,11,14,16,20H,6-8,10H2,1-3H3. The van der Waals surface area contributed by atoms with Crippen LogP contribution in [-0.2, 0) is 0 Å². The number of fused-ring (bicyclic) bond motifs is 2. The van der Waals surface area contributed by atoms with E-state index in [1.165, 1.54) is 31.4 Å². The molecule has 4 unspecified atom stereocenters. The van der Waals surface area contributed by atoms with E-state index in [0.717, 1.165) is 6.42 Å². The Hall–Kier alpha value is -1.09. The average Bonchev–Trinajstić information content (AvgIpc) is 2.67. The van der Waals surface area contributed by atoms with Gasteiger partial charge >= 0.3 is 0 Å². The molecule has 20 heavy (non-hydrogen) atoms. The van der Waals surface area contributed by atoms with E-state index in [-0.39, 0.29) is 22.9 Å². The monoisotopic (exact) mass is 277 g/mol. The minimum absolute atomic E-state index is 0.168. The first kappa shape index (κ1) is 13.9. The first-order valence-corrected chi connectivity index (χ1v) is 7.55. The molecule has 0 saturated heterocycles. The Bertz CT molecular complexity index is 516. The summed E-state index contributed by atoms with van der Waals surface area (Å²) in [7, 11) is 4.20. The fraction of sp³-hybridized carbons (Fsp3) is 0.647. The fourth-order valence-electron chi connectivity index (χ4n) is 4.94. The van der Waals surface area contributed by atoms with Crippen LogP contribution in [0, 0.1) is 17.2 Å². The zero-order chi connectivity index (χ0) is 14.5. The number of hydrogen-bond donors (Lipinski definition) is 1. The van der Waals surface area contributed by atoms with Gasteiger partial charge in [-0.1, -0.05) is 6.92 Å². The van der Waals surface area contributed by atoms with Gasteiger partial charge in [-0.15, -0.1) is 0 Å². The predicted octanol–water partition coefficient (Wildman–Crippen LogP) is 3.76. The number of hydrogen-bond acceptors (Lipinski definition) is 2. The third-order valence-corrected chi connectivity index (χ3v) is 5.50. The molecule has 2 saturated carbocycles. The van der Waals surface area contributed by atoms with Gasteiger partial charge in [0.15, 0.2) is 0 Å². The maximum Gasteiger partial charge on any atom is 0.127 e. The quantitative estimate of drug-likeness (QED) is 0.890. The molecule has 3 heteroatoms. The number of benzene rings is 1. The van der Waals surface area contributed by atoms with Crippen molar-refractivity contribution in [1.82, 2.24) is 4.90 Å². The summed E-state index contributed by atoms with van der Waals surface area (Å²) in [4.78, 5) is 2.26. The molecule has 0 aromatic heterocycles. The van der Waals surface area contributed by atoms with E-state index in [4.69, 9.17) is 0 Å². The van der Waals surface area contributed by atoms with Gasteiger partial charge in [-0.25, -0.2) is 4.39 Å². The lowest BCUT2D eigenvalue weighted by Gasteiger charge is -2.47. The maximum atomic E-state index is 14.3. The van der Waals surface area contributed by atoms with Crippen LogP contribution in [0.2, 0.25) is 0 Å². The highest BCUT2D eigenvalue weighted by molar-refractivity contribution is 5.33. The van der Waals surface area contributed by atoms with Gasteiger partial charge < -0.3 is 10.0 Å². The summed E-state index contributed by atoms with van der Waals surface area (Å²) in [5.41, 5.74) is 0.969. The van der Waals surface area contributed by atoms with Crippen molar-refractivity contribution in [3.63, 3.8) is 0 Å². The van der Waals surface area contributed by atoms with Crippen molar-refractivity contribution < 1.29 is 9.50 Å². The Balaban J connectivity index is 2.04. The molecule has 110 valence electrons. The Kier molecular flexibility index (Phi) is 3.28. The van der Waals surface area contributed by atoms with Gasteiger partial charge in [-0.05, 0) is 74.9 Å². The second kappa shape index (κ2) is 4.73. The molecule has 0 aliphatic heterocycles. The number of rotatable bonds is 2. The largest absolute Gasteiger partial charge is 0.508 e. The molecular formula is C17H24FNO. The smallest absolute Gasteiger partial charge is 0.127 e. The SMILES string of the molecule is CN(C)C1C(c2cc(O)ccc2F)CC2CCC1(C)C2. The second-order valence-electron chi connectivity index (χ2n) is 7.22. The van der Waals surface area contributed by atoms with Crippen molar-refractivity contribution in [2.45, 2.75) is 44.6 Å². The molecule has 0 spiro atoms. The van der Waals surface area contributed by atoms with Gasteiger partial charge in [0.05, 0.1) is 0 Å². The number of halogens is 1. The maximum absolute atomic E-state index is 14.3. The van der Waals surface area contributed by atoms with Crippen LogP contribution in [0.25, 0.3) is 0 Å². The van der Waals surface area contributed by atoms with Crippen LogP contribution in [0.1, 0.15) is 44.1 Å². The van der Waals surface area contributed by atoms with Gasteiger partial charge in [-0.2, -0.15) is 0 Å². The molecule has 2 aliphatic rings. The Labute approximate surface area is 120 Å². The molecule has 4 atom stereocenters. The highest BCUT2D eigenvalue weighted by Crippen LogP contribution is 2.57. The van der Waals surface area contributed by atoms with Crippen molar-refractivity contribution in [2.24, 2.45) is 11.3 Å². The summed E-state index contributed by atoms with van der Waals surface area (Å²) < 4.78 is 14.3. The lowest BCUT2D eigenvalue weighted by Crippen LogP contribution is -2.48. The van der Waals surface area contributed by atoms with Crippen molar-refractivity contribution in [2.75, 3.05) is 14.1 Å². The van der Waals surface area contributed by atoms with Crippen LogP contribution in [0.4, 0.5) is 4.39 Å². The van der Waals surface area contributed by atoms with E-state index in [1.807, 2.05) is 0 Å². The van der Waals surface area contributed by atoms with Crippen LogP contribution >= 0.6 is 0 Å². The molecule has 1 N–H and O–H groups in total. The van der Waals surface area contributed by atoms with E-state index in [1.54, 1.807) is 6.07 Å². The van der Waals surface area contributed by atoms with Crippen LogP contribution < -0.4 is 0 Å². The van der Waals surface area contributed by atoms with E-state index >= 15 is 0 Å². The predicted molar refractivity (Wildman–Crippen MR) is 78.3 cm³/mol. The zero-order valence-corrected chi connectivity index (χ0v) is 12.6. The molecule has 0 amide bonds. The molecule has 1 aromatic rings. The minimum Gasteiger partial charge on any atom is -0.508 e. The van der Waals surface area contributed by atoms with Crippen LogP contribution in [0.3, 0.4) is 0 Å². The van der Waals surface area contributed by atoms with Gasteiger partial charge in [0.1, 0.15) is 11.6 Å². The molecule has 2 nitrogen and oxygen atoms in total. The fourth-order valence-corrected chi connectivity index (χ4v) is 4.94. The van der Waals surface area contributed by atoms with Gasteiger partial charge in [0, 0.05) is 12.0 Å². The Morgan fingerprint density at radius 1 is 1.35 bits per heavy atom. The van der Waals surface area contributed by atoms with Crippen molar-refractivity contribution in [3.8, 4) is 5.75 Å². The molecule has 2 fully saturated rings. The molecule has 2 bridgehead atoms. The molecule has 0 radical (unpaired) electrons. The highest BCUT2D eigenvalue weighted by Gasteiger charge is 2.51. The summed E-state index contributed by atoms with van der Waals surface area (Å²) in [6, 6.07) is 4.81. The molecule has 3 rings (SSSR count). The van der Waals surface area contributed by atoms with E-state index < -0.39 is 0 Å². The second-order valence-corrected chi connectivity index (χ2v) is 7.22. The van der Waals surface area contributed by atoms with Crippen molar-refractivity contribution in [1.29, 1.82) is 0 Å². The van der Waals surface area contributed by atoms with Crippen LogP contribution in [-0.4, -0.2) is 30.1 Å². The number of aromatic hydroxyl groups is 1. The van der Waals surface area contributed by atoms with Crippen LogP contribution in [0.5, 0.6) is 5.75 Å². The molecule has 2 aliphatic carbocycles. The number of nitrogens with zero attached hydrogens (tertiary/aromatic N) is 1. The van der Waals surface area contributed by atoms with E-state index in [2.05, 4.69) is 25.9 Å². The van der Waals surface area contributed by atoms with E-state index in [9.17, 15) is 9.50 Å². The van der Waals surface area contributed by atoms with E-state index in [0.29, 0.717) is 17.5 Å². The zero-order valence-electron chi connectivity index (χ0n) is 12.6. The summed E-state index contributed by atoms with van der Waals surface area (Å²) in [6.45, 7) is 2.35. The average molecular weight is 277 g/mol. The summed E-state index contributed by atoms with van der Waals surface area (Å²) in [5.74, 6) is 0.887. The number of likely N-dealkylation sites (N-methyl/N-ethyl adjacent to an activating group) is 1. The van der Waals surface area contributed by atoms with Gasteiger partial charge in [0.25, 0.3) is 0 Å². The topological polar surface area (TPSA) is 23.5 Å². The lowest BCUT2D eigenvalue weighted by atomic mass is 9.65. The lowest BCUT2D eigenvalue weighted by molar-refractivity contribution is 0.0619. The minimum atomic E-state index is -0.176. The summed E-state index contributed by atoms with van der Waals surface area (Å²) in [5, 5.41) is 9.72. The third-order valence-electron chi connectivity index (χ3n) is 5.50. The molecule has 0 heterocycles.